The van der Waals surface area contributed by atoms with E-state index in [1.807, 2.05) is 13.8 Å². The van der Waals surface area contributed by atoms with Crippen molar-refractivity contribution in [2.75, 3.05) is 12.4 Å². The molecule has 30 heavy (non-hydrogen) atoms. The number of benzene rings is 2. The van der Waals surface area contributed by atoms with Crippen LogP contribution in [0.1, 0.15) is 29.8 Å². The largest absolute Gasteiger partial charge is 0.493 e. The van der Waals surface area contributed by atoms with Crippen molar-refractivity contribution in [3.8, 4) is 11.5 Å². The SMILES string of the molecule is COc1cccc(/C=C/C(=O)Nc2cc(C(=O)NC(C)C)ccc2Cl)c1OC(F)F. The minimum Gasteiger partial charge on any atom is -0.493 e. The highest BCUT2D eigenvalue weighted by atomic mass is 35.5. The van der Waals surface area contributed by atoms with Gasteiger partial charge in [0, 0.05) is 23.2 Å². The highest BCUT2D eigenvalue weighted by Crippen LogP contribution is 2.33. The average molecular weight is 439 g/mol. The van der Waals surface area contributed by atoms with Crippen LogP contribution in [0.5, 0.6) is 11.5 Å². The minimum atomic E-state index is -3.05. The number of halogens is 3. The van der Waals surface area contributed by atoms with E-state index in [1.165, 1.54) is 43.5 Å². The summed E-state index contributed by atoms with van der Waals surface area (Å²) in [5.74, 6) is -0.976. The van der Waals surface area contributed by atoms with Crippen LogP contribution in [-0.2, 0) is 4.79 Å². The third-order valence-corrected chi connectivity index (χ3v) is 4.09. The highest BCUT2D eigenvalue weighted by Gasteiger charge is 2.15. The van der Waals surface area contributed by atoms with E-state index in [9.17, 15) is 18.4 Å². The number of rotatable bonds is 8. The van der Waals surface area contributed by atoms with Crippen LogP contribution in [0, 0.1) is 0 Å². The molecule has 9 heteroatoms. The fraction of sp³-hybridized carbons (Fsp3) is 0.238. The Bertz CT molecular complexity index is 949. The Kier molecular flexibility index (Phi) is 8.17. The smallest absolute Gasteiger partial charge is 0.387 e. The number of methoxy groups -OCH3 is 1. The van der Waals surface area contributed by atoms with E-state index in [4.69, 9.17) is 16.3 Å². The monoisotopic (exact) mass is 438 g/mol. The molecule has 0 fully saturated rings. The Morgan fingerprint density at radius 2 is 1.90 bits per heavy atom. The van der Waals surface area contributed by atoms with Crippen LogP contribution in [0.2, 0.25) is 5.02 Å². The van der Waals surface area contributed by atoms with Gasteiger partial charge in [-0.15, -0.1) is 0 Å². The predicted molar refractivity (Wildman–Crippen MR) is 111 cm³/mol. The maximum atomic E-state index is 12.7. The zero-order valence-corrected chi connectivity index (χ0v) is 17.3. The number of hydrogen-bond donors (Lipinski definition) is 2. The minimum absolute atomic E-state index is 0.0540. The van der Waals surface area contributed by atoms with Crippen LogP contribution in [-0.4, -0.2) is 31.6 Å². The summed E-state index contributed by atoms with van der Waals surface area (Å²) in [6.07, 6.45) is 2.43. The maximum Gasteiger partial charge on any atom is 0.387 e. The molecule has 2 N–H and O–H groups in total. The lowest BCUT2D eigenvalue weighted by Gasteiger charge is -2.12. The van der Waals surface area contributed by atoms with Crippen LogP contribution >= 0.6 is 11.6 Å². The van der Waals surface area contributed by atoms with Gasteiger partial charge in [-0.3, -0.25) is 9.59 Å². The molecule has 0 aromatic heterocycles. The van der Waals surface area contributed by atoms with Gasteiger partial charge < -0.3 is 20.1 Å². The number of amides is 2. The van der Waals surface area contributed by atoms with Gasteiger partial charge in [-0.2, -0.15) is 8.78 Å². The summed E-state index contributed by atoms with van der Waals surface area (Å²) in [4.78, 5) is 24.4. The van der Waals surface area contributed by atoms with Gasteiger partial charge in [0.2, 0.25) is 5.91 Å². The van der Waals surface area contributed by atoms with Crippen molar-refractivity contribution in [3.05, 3.63) is 58.6 Å². The molecule has 2 aromatic rings. The molecule has 0 saturated heterocycles. The summed E-state index contributed by atoms with van der Waals surface area (Å²) in [5.41, 5.74) is 0.783. The summed E-state index contributed by atoms with van der Waals surface area (Å²) >= 11 is 6.10. The van der Waals surface area contributed by atoms with E-state index in [2.05, 4.69) is 15.4 Å². The fourth-order valence-corrected chi connectivity index (χ4v) is 2.65. The van der Waals surface area contributed by atoms with Gasteiger partial charge in [-0.1, -0.05) is 23.7 Å². The number of alkyl halides is 2. The second kappa shape index (κ2) is 10.6. The van der Waals surface area contributed by atoms with E-state index >= 15 is 0 Å². The molecule has 0 heterocycles. The summed E-state index contributed by atoms with van der Waals surface area (Å²) in [7, 11) is 1.32. The molecule has 0 bridgehead atoms. The van der Waals surface area contributed by atoms with Crippen LogP contribution in [0.15, 0.2) is 42.5 Å². The van der Waals surface area contributed by atoms with Crippen molar-refractivity contribution in [3.63, 3.8) is 0 Å². The normalized spacial score (nSPS) is 11.1. The van der Waals surface area contributed by atoms with Crippen molar-refractivity contribution in [2.45, 2.75) is 26.5 Å². The lowest BCUT2D eigenvalue weighted by atomic mass is 10.1. The molecule has 0 aliphatic carbocycles. The van der Waals surface area contributed by atoms with Gasteiger partial charge in [0.15, 0.2) is 11.5 Å². The fourth-order valence-electron chi connectivity index (χ4n) is 2.49. The number of para-hydroxylation sites is 1. The van der Waals surface area contributed by atoms with Crippen LogP contribution < -0.4 is 20.1 Å². The summed E-state index contributed by atoms with van der Waals surface area (Å²) in [6, 6.07) is 8.95. The first-order chi connectivity index (χ1) is 14.2. The molecule has 0 aliphatic rings. The molecule has 0 aliphatic heterocycles. The van der Waals surface area contributed by atoms with Crippen molar-refractivity contribution in [1.29, 1.82) is 0 Å². The second-order valence-electron chi connectivity index (χ2n) is 6.40. The van der Waals surface area contributed by atoms with E-state index in [0.29, 0.717) is 5.56 Å². The van der Waals surface area contributed by atoms with E-state index < -0.39 is 12.5 Å². The highest BCUT2D eigenvalue weighted by molar-refractivity contribution is 6.34. The molecular weight excluding hydrogens is 418 g/mol. The lowest BCUT2D eigenvalue weighted by Crippen LogP contribution is -2.30. The molecule has 2 rings (SSSR count). The summed E-state index contributed by atoms with van der Waals surface area (Å²) in [6.45, 7) is 0.596. The zero-order chi connectivity index (χ0) is 22.3. The molecule has 0 spiro atoms. The Morgan fingerprint density at radius 1 is 1.17 bits per heavy atom. The second-order valence-corrected chi connectivity index (χ2v) is 6.81. The van der Waals surface area contributed by atoms with Crippen LogP contribution in [0.25, 0.3) is 6.08 Å². The first-order valence-electron chi connectivity index (χ1n) is 8.92. The summed E-state index contributed by atoms with van der Waals surface area (Å²) < 4.78 is 34.9. The first-order valence-corrected chi connectivity index (χ1v) is 9.30. The molecule has 0 radical (unpaired) electrons. The quantitative estimate of drug-likeness (QED) is 0.584. The molecule has 0 atom stereocenters. The lowest BCUT2D eigenvalue weighted by molar-refractivity contribution is -0.111. The van der Waals surface area contributed by atoms with Crippen molar-refractivity contribution in [2.24, 2.45) is 0 Å². The Hall–Kier alpha value is -3.13. The Labute approximate surface area is 177 Å². The number of carbonyl (C=O) groups is 2. The van der Waals surface area contributed by atoms with Gasteiger partial charge in [0.05, 0.1) is 17.8 Å². The number of carbonyl (C=O) groups excluding carboxylic acids is 2. The molecule has 6 nitrogen and oxygen atoms in total. The Balaban J connectivity index is 2.20. The van der Waals surface area contributed by atoms with E-state index in [-0.39, 0.29) is 39.7 Å². The number of ether oxygens (including phenoxy) is 2. The third-order valence-electron chi connectivity index (χ3n) is 3.76. The predicted octanol–water partition coefficient (Wildman–Crippen LogP) is 4.74. The van der Waals surface area contributed by atoms with E-state index in [1.54, 1.807) is 6.07 Å². The molecule has 0 unspecified atom stereocenters. The van der Waals surface area contributed by atoms with Gasteiger partial charge in [-0.05, 0) is 44.2 Å². The Morgan fingerprint density at radius 3 is 2.53 bits per heavy atom. The number of anilines is 1. The molecule has 2 amide bonds. The average Bonchev–Trinajstić information content (AvgIpc) is 2.67. The third kappa shape index (κ3) is 6.45. The molecule has 0 saturated carbocycles. The maximum absolute atomic E-state index is 12.7. The first kappa shape index (κ1) is 23.2. The van der Waals surface area contributed by atoms with Crippen molar-refractivity contribution >= 4 is 35.2 Å². The van der Waals surface area contributed by atoms with Gasteiger partial charge in [0.1, 0.15) is 0 Å². The van der Waals surface area contributed by atoms with Gasteiger partial charge in [-0.25, -0.2) is 0 Å². The van der Waals surface area contributed by atoms with E-state index in [0.717, 1.165) is 6.08 Å². The molecular formula is C21H21ClF2N2O4. The summed E-state index contributed by atoms with van der Waals surface area (Å²) in [5, 5.41) is 5.54. The van der Waals surface area contributed by atoms with Crippen LogP contribution in [0.4, 0.5) is 14.5 Å². The van der Waals surface area contributed by atoms with Crippen molar-refractivity contribution in [1.82, 2.24) is 5.32 Å². The number of hydrogen-bond acceptors (Lipinski definition) is 4. The van der Waals surface area contributed by atoms with Crippen LogP contribution in [0.3, 0.4) is 0 Å². The van der Waals surface area contributed by atoms with Gasteiger partial charge in [0.25, 0.3) is 5.91 Å². The standard InChI is InChI=1S/C21H21ClF2N2O4/c1-12(2)25-20(28)14-7-9-15(22)16(11-14)26-18(27)10-8-13-5-4-6-17(29-3)19(13)30-21(23)24/h4-12,21H,1-3H3,(H,25,28)(H,26,27)/b10-8+. The molecule has 2 aromatic carbocycles. The topological polar surface area (TPSA) is 76.7 Å². The molecule has 160 valence electrons. The van der Waals surface area contributed by atoms with Gasteiger partial charge >= 0.3 is 6.61 Å². The zero-order valence-electron chi connectivity index (χ0n) is 16.5. The van der Waals surface area contributed by atoms with Crippen molar-refractivity contribution < 1.29 is 27.8 Å². The number of nitrogens with one attached hydrogen (secondary N) is 2.